The predicted molar refractivity (Wildman–Crippen MR) is 61.6 cm³/mol. The van der Waals surface area contributed by atoms with Gasteiger partial charge in [0, 0.05) is 30.1 Å². The van der Waals surface area contributed by atoms with Crippen LogP contribution in [0, 0.1) is 0 Å². The maximum atomic E-state index is 11.5. The highest BCUT2D eigenvalue weighted by Crippen LogP contribution is 2.10. The molecule has 1 aromatic heterocycles. The lowest BCUT2D eigenvalue weighted by molar-refractivity contribution is 0.0985. The molecule has 0 saturated carbocycles. The summed E-state index contributed by atoms with van der Waals surface area (Å²) in [5.74, 6) is 0.0830. The number of rotatable bonds is 4. The van der Waals surface area contributed by atoms with Crippen molar-refractivity contribution < 1.29 is 4.79 Å². The molecule has 0 bridgehead atoms. The maximum Gasteiger partial charge on any atom is 0.164 e. The molecule has 0 aliphatic heterocycles. The van der Waals surface area contributed by atoms with Gasteiger partial charge in [0.15, 0.2) is 5.78 Å². The third-order valence-corrected chi connectivity index (χ3v) is 2.36. The van der Waals surface area contributed by atoms with Crippen molar-refractivity contribution in [2.24, 2.45) is 5.73 Å². The molecule has 0 amide bonds. The topological polar surface area (TPSA) is 60.9 Å². The van der Waals surface area contributed by atoms with Crippen LogP contribution in [0.25, 0.3) is 5.69 Å². The van der Waals surface area contributed by atoms with Crippen LogP contribution in [0.4, 0.5) is 0 Å². The molecule has 0 aliphatic carbocycles. The molecule has 0 radical (unpaired) electrons. The number of carbonyl (C=O) groups excluding carboxylic acids is 1. The van der Waals surface area contributed by atoms with Gasteiger partial charge >= 0.3 is 0 Å². The van der Waals surface area contributed by atoms with Gasteiger partial charge in [0.1, 0.15) is 0 Å². The molecule has 0 aliphatic rings. The highest BCUT2D eigenvalue weighted by molar-refractivity contribution is 5.96. The second-order valence-corrected chi connectivity index (χ2v) is 3.48. The molecule has 4 heteroatoms. The third-order valence-electron chi connectivity index (χ3n) is 2.36. The van der Waals surface area contributed by atoms with Crippen LogP contribution in [0.2, 0.25) is 0 Å². The van der Waals surface area contributed by atoms with Gasteiger partial charge < -0.3 is 10.3 Å². The first-order chi connectivity index (χ1) is 7.81. The molecule has 2 N–H and O–H groups in total. The van der Waals surface area contributed by atoms with Gasteiger partial charge in [-0.25, -0.2) is 4.98 Å². The Morgan fingerprint density at radius 3 is 2.62 bits per heavy atom. The van der Waals surface area contributed by atoms with E-state index in [2.05, 4.69) is 4.98 Å². The number of nitrogens with two attached hydrogens (primary N) is 1. The first-order valence-corrected chi connectivity index (χ1v) is 5.13. The van der Waals surface area contributed by atoms with E-state index in [9.17, 15) is 4.79 Å². The van der Waals surface area contributed by atoms with Gasteiger partial charge in [-0.3, -0.25) is 4.79 Å². The molecule has 1 aromatic carbocycles. The molecule has 82 valence electrons. The summed E-state index contributed by atoms with van der Waals surface area (Å²) in [4.78, 5) is 15.5. The van der Waals surface area contributed by atoms with Gasteiger partial charge in [-0.15, -0.1) is 0 Å². The van der Waals surface area contributed by atoms with Crippen LogP contribution < -0.4 is 5.73 Å². The van der Waals surface area contributed by atoms with Crippen LogP contribution in [0.5, 0.6) is 0 Å². The second kappa shape index (κ2) is 4.72. The average molecular weight is 215 g/mol. The SMILES string of the molecule is NCCC(=O)c1ccc(-n2ccnc2)cc1. The van der Waals surface area contributed by atoms with Crippen molar-refractivity contribution in [2.45, 2.75) is 6.42 Å². The fraction of sp³-hybridized carbons (Fsp3) is 0.167. The van der Waals surface area contributed by atoms with Gasteiger partial charge in [0.05, 0.1) is 6.33 Å². The lowest BCUT2D eigenvalue weighted by Crippen LogP contribution is -2.08. The Morgan fingerprint density at radius 1 is 1.31 bits per heavy atom. The highest BCUT2D eigenvalue weighted by atomic mass is 16.1. The molecule has 0 fully saturated rings. The van der Waals surface area contributed by atoms with E-state index in [0.29, 0.717) is 18.5 Å². The van der Waals surface area contributed by atoms with Gasteiger partial charge in [0.25, 0.3) is 0 Å². The number of nitrogens with zero attached hydrogens (tertiary/aromatic N) is 2. The Balaban J connectivity index is 2.20. The van der Waals surface area contributed by atoms with E-state index < -0.39 is 0 Å². The third kappa shape index (κ3) is 2.17. The predicted octanol–water partition coefficient (Wildman–Crippen LogP) is 1.40. The Labute approximate surface area is 93.7 Å². The number of ketones is 1. The molecule has 2 aromatic rings. The monoisotopic (exact) mass is 215 g/mol. The van der Waals surface area contributed by atoms with Gasteiger partial charge in [0.2, 0.25) is 0 Å². The number of hydrogen-bond acceptors (Lipinski definition) is 3. The number of benzene rings is 1. The van der Waals surface area contributed by atoms with E-state index in [1.165, 1.54) is 0 Å². The summed E-state index contributed by atoms with van der Waals surface area (Å²) in [6.07, 6.45) is 5.69. The van der Waals surface area contributed by atoms with E-state index in [4.69, 9.17) is 5.73 Å². The standard InChI is InChI=1S/C12H13N3O/c13-6-5-12(16)10-1-3-11(4-2-10)15-8-7-14-9-15/h1-4,7-9H,5-6,13H2. The molecule has 1 heterocycles. The minimum atomic E-state index is 0.0830. The van der Waals surface area contributed by atoms with Crippen LogP contribution in [-0.2, 0) is 0 Å². The van der Waals surface area contributed by atoms with Crippen LogP contribution in [0.15, 0.2) is 43.0 Å². The van der Waals surface area contributed by atoms with Crippen molar-refractivity contribution in [3.05, 3.63) is 48.5 Å². The van der Waals surface area contributed by atoms with Crippen molar-refractivity contribution in [3.8, 4) is 5.69 Å². The highest BCUT2D eigenvalue weighted by Gasteiger charge is 2.04. The van der Waals surface area contributed by atoms with Crippen LogP contribution >= 0.6 is 0 Å². The molecule has 4 nitrogen and oxygen atoms in total. The van der Waals surface area contributed by atoms with E-state index in [1.807, 2.05) is 35.0 Å². The van der Waals surface area contributed by atoms with Crippen molar-refractivity contribution in [1.82, 2.24) is 9.55 Å². The minimum Gasteiger partial charge on any atom is -0.330 e. The molecular weight excluding hydrogens is 202 g/mol. The Morgan fingerprint density at radius 2 is 2.06 bits per heavy atom. The number of aromatic nitrogens is 2. The van der Waals surface area contributed by atoms with Crippen LogP contribution in [0.3, 0.4) is 0 Å². The lowest BCUT2D eigenvalue weighted by atomic mass is 10.1. The molecule has 2 rings (SSSR count). The Hall–Kier alpha value is -1.94. The van der Waals surface area contributed by atoms with Gasteiger partial charge in [-0.1, -0.05) is 0 Å². The minimum absolute atomic E-state index is 0.0830. The van der Waals surface area contributed by atoms with Crippen molar-refractivity contribution in [3.63, 3.8) is 0 Å². The summed E-state index contributed by atoms with van der Waals surface area (Å²) in [7, 11) is 0. The van der Waals surface area contributed by atoms with Gasteiger partial charge in [-0.05, 0) is 30.8 Å². The van der Waals surface area contributed by atoms with E-state index >= 15 is 0 Å². The number of carbonyl (C=O) groups is 1. The summed E-state index contributed by atoms with van der Waals surface area (Å²) in [6, 6.07) is 7.41. The molecule has 0 unspecified atom stereocenters. The lowest BCUT2D eigenvalue weighted by Gasteiger charge is -2.03. The second-order valence-electron chi connectivity index (χ2n) is 3.48. The normalized spacial score (nSPS) is 10.3. The first-order valence-electron chi connectivity index (χ1n) is 5.13. The fourth-order valence-corrected chi connectivity index (χ4v) is 1.51. The average Bonchev–Trinajstić information content (AvgIpc) is 2.83. The fourth-order valence-electron chi connectivity index (χ4n) is 1.51. The molecular formula is C12H13N3O. The van der Waals surface area contributed by atoms with Crippen LogP contribution in [-0.4, -0.2) is 21.9 Å². The molecule has 0 atom stereocenters. The zero-order valence-electron chi connectivity index (χ0n) is 8.84. The van der Waals surface area contributed by atoms with Crippen molar-refractivity contribution in [1.29, 1.82) is 0 Å². The Kier molecular flexibility index (Phi) is 3.12. The number of Topliss-reactive ketones (excluding diaryl/α,β-unsaturated/α-hetero) is 1. The number of imidazole rings is 1. The summed E-state index contributed by atoms with van der Waals surface area (Å²) in [5, 5.41) is 0. The summed E-state index contributed by atoms with van der Waals surface area (Å²) >= 11 is 0. The quantitative estimate of drug-likeness (QED) is 0.784. The summed E-state index contributed by atoms with van der Waals surface area (Å²) in [6.45, 7) is 0.391. The van der Waals surface area contributed by atoms with Crippen LogP contribution in [0.1, 0.15) is 16.8 Å². The largest absolute Gasteiger partial charge is 0.330 e. The Bertz CT molecular complexity index is 460. The maximum absolute atomic E-state index is 11.5. The molecule has 0 spiro atoms. The zero-order chi connectivity index (χ0) is 11.4. The smallest absolute Gasteiger partial charge is 0.164 e. The number of hydrogen-bond donors (Lipinski definition) is 1. The summed E-state index contributed by atoms with van der Waals surface area (Å²) < 4.78 is 1.89. The van der Waals surface area contributed by atoms with E-state index in [0.717, 1.165) is 5.69 Å². The first kappa shape index (κ1) is 10.6. The zero-order valence-corrected chi connectivity index (χ0v) is 8.84. The van der Waals surface area contributed by atoms with E-state index in [1.54, 1.807) is 12.5 Å². The molecule has 16 heavy (non-hydrogen) atoms. The van der Waals surface area contributed by atoms with Crippen molar-refractivity contribution in [2.75, 3.05) is 6.54 Å². The van der Waals surface area contributed by atoms with Crippen molar-refractivity contribution >= 4 is 5.78 Å². The molecule has 0 saturated heterocycles. The van der Waals surface area contributed by atoms with Gasteiger partial charge in [-0.2, -0.15) is 0 Å². The summed E-state index contributed by atoms with van der Waals surface area (Å²) in [5.41, 5.74) is 7.03. The van der Waals surface area contributed by atoms with E-state index in [-0.39, 0.29) is 5.78 Å².